The molecule has 1 spiro atoms. The van der Waals surface area contributed by atoms with E-state index in [0.29, 0.717) is 17.2 Å². The number of ketones is 1. The molecule has 0 aliphatic carbocycles. The number of hydrogen-bond acceptors (Lipinski definition) is 5. The van der Waals surface area contributed by atoms with E-state index in [1.165, 1.54) is 0 Å². The van der Waals surface area contributed by atoms with E-state index in [1.54, 1.807) is 7.11 Å². The lowest BCUT2D eigenvalue weighted by molar-refractivity contribution is -0.127. The van der Waals surface area contributed by atoms with E-state index >= 15 is 0 Å². The molecule has 1 amide bonds. The molecule has 34 heavy (non-hydrogen) atoms. The number of methoxy groups -OCH3 is 1. The molecule has 2 fully saturated rings. The number of fused-ring (bicyclic) bond motifs is 4. The first-order chi connectivity index (χ1) is 16.6. The lowest BCUT2D eigenvalue weighted by Gasteiger charge is -2.36. The second kappa shape index (κ2) is 8.00. The van der Waals surface area contributed by atoms with Gasteiger partial charge >= 0.3 is 0 Å². The van der Waals surface area contributed by atoms with Crippen molar-refractivity contribution in [2.24, 2.45) is 5.92 Å². The van der Waals surface area contributed by atoms with Gasteiger partial charge in [-0.3, -0.25) is 14.5 Å². The molecular formula is C28H26N2O3S. The summed E-state index contributed by atoms with van der Waals surface area (Å²) in [5.74, 6) is 1.50. The van der Waals surface area contributed by atoms with Crippen LogP contribution in [-0.2, 0) is 10.3 Å². The van der Waals surface area contributed by atoms with E-state index in [1.807, 2.05) is 79.3 Å². The number of nitrogens with zero attached hydrogens (tertiary/aromatic N) is 1. The Hall–Kier alpha value is -3.09. The van der Waals surface area contributed by atoms with Crippen LogP contribution in [0.5, 0.6) is 5.75 Å². The lowest BCUT2D eigenvalue weighted by Crippen LogP contribution is -2.52. The highest BCUT2D eigenvalue weighted by molar-refractivity contribution is 7.99. The van der Waals surface area contributed by atoms with Crippen molar-refractivity contribution in [1.82, 2.24) is 4.90 Å². The predicted octanol–water partition coefficient (Wildman–Crippen LogP) is 4.82. The van der Waals surface area contributed by atoms with Crippen molar-refractivity contribution in [2.75, 3.05) is 24.1 Å². The Kier molecular flexibility index (Phi) is 5.04. The molecule has 6 rings (SSSR count). The SMILES string of the molecule is COc1ccc2c(c1)[C@]1(C(=O)N2)[C@H](C(=O)c2ccc(C)cc2)[C@@H](c2ccccc2)[C@@H]2CSCN21. The van der Waals surface area contributed by atoms with E-state index in [0.717, 1.165) is 28.1 Å². The van der Waals surface area contributed by atoms with Crippen LogP contribution in [0.3, 0.4) is 0 Å². The summed E-state index contributed by atoms with van der Waals surface area (Å²) in [6.45, 7) is 2.01. The molecule has 3 aromatic rings. The maximum Gasteiger partial charge on any atom is 0.250 e. The second-order valence-electron chi connectivity index (χ2n) is 9.31. The van der Waals surface area contributed by atoms with Gasteiger partial charge in [0.15, 0.2) is 5.78 Å². The zero-order valence-electron chi connectivity index (χ0n) is 19.2. The van der Waals surface area contributed by atoms with Gasteiger partial charge in [-0.1, -0.05) is 60.2 Å². The Morgan fingerprint density at radius 3 is 2.59 bits per heavy atom. The summed E-state index contributed by atoms with van der Waals surface area (Å²) in [7, 11) is 1.63. The topological polar surface area (TPSA) is 58.6 Å². The fourth-order valence-electron chi connectivity index (χ4n) is 6.13. The van der Waals surface area contributed by atoms with Crippen molar-refractivity contribution >= 4 is 29.1 Å². The van der Waals surface area contributed by atoms with E-state index in [9.17, 15) is 9.59 Å². The van der Waals surface area contributed by atoms with Crippen LogP contribution in [0.2, 0.25) is 0 Å². The van der Waals surface area contributed by atoms with Crippen LogP contribution in [0.15, 0.2) is 72.8 Å². The number of rotatable bonds is 4. The molecule has 0 radical (unpaired) electrons. The Morgan fingerprint density at radius 2 is 1.85 bits per heavy atom. The fraction of sp³-hybridized carbons (Fsp3) is 0.286. The summed E-state index contributed by atoms with van der Waals surface area (Å²) in [6, 6.07) is 23.7. The first-order valence-electron chi connectivity index (χ1n) is 11.6. The molecule has 1 N–H and O–H groups in total. The van der Waals surface area contributed by atoms with Crippen molar-refractivity contribution in [2.45, 2.75) is 24.4 Å². The van der Waals surface area contributed by atoms with Crippen molar-refractivity contribution in [3.63, 3.8) is 0 Å². The number of anilines is 1. The summed E-state index contributed by atoms with van der Waals surface area (Å²) in [6.07, 6.45) is 0. The molecule has 2 saturated heterocycles. The largest absolute Gasteiger partial charge is 0.497 e. The number of benzene rings is 3. The average Bonchev–Trinajstić information content (AvgIpc) is 3.52. The number of hydrogen-bond donors (Lipinski definition) is 1. The smallest absolute Gasteiger partial charge is 0.250 e. The number of nitrogens with one attached hydrogen (secondary N) is 1. The molecular weight excluding hydrogens is 444 g/mol. The Labute approximate surface area is 203 Å². The Morgan fingerprint density at radius 1 is 1.09 bits per heavy atom. The molecule has 0 bridgehead atoms. The first kappa shape index (κ1) is 21.4. The minimum Gasteiger partial charge on any atom is -0.497 e. The molecule has 0 saturated carbocycles. The minimum atomic E-state index is -1.08. The predicted molar refractivity (Wildman–Crippen MR) is 134 cm³/mol. The fourth-order valence-corrected chi connectivity index (χ4v) is 7.45. The zero-order chi connectivity index (χ0) is 23.4. The average molecular weight is 471 g/mol. The van der Waals surface area contributed by atoms with Crippen LogP contribution in [0.4, 0.5) is 5.69 Å². The third-order valence-corrected chi connectivity index (χ3v) is 8.67. The van der Waals surface area contributed by atoms with Gasteiger partial charge in [-0.05, 0) is 30.7 Å². The monoisotopic (exact) mass is 470 g/mol. The maximum absolute atomic E-state index is 14.4. The molecule has 3 aliphatic rings. The van der Waals surface area contributed by atoms with Crippen LogP contribution >= 0.6 is 11.8 Å². The number of carbonyl (C=O) groups is 2. The number of amides is 1. The highest BCUT2D eigenvalue weighted by Gasteiger charge is 2.69. The van der Waals surface area contributed by atoms with Crippen LogP contribution < -0.4 is 10.1 Å². The Bertz CT molecular complexity index is 1280. The van der Waals surface area contributed by atoms with Gasteiger partial charge in [-0.25, -0.2) is 0 Å². The maximum atomic E-state index is 14.4. The summed E-state index contributed by atoms with van der Waals surface area (Å²) < 4.78 is 5.55. The number of aryl methyl sites for hydroxylation is 1. The molecule has 5 nitrogen and oxygen atoms in total. The second-order valence-corrected chi connectivity index (χ2v) is 10.3. The van der Waals surface area contributed by atoms with E-state index in [2.05, 4.69) is 22.3 Å². The van der Waals surface area contributed by atoms with Crippen LogP contribution in [0.1, 0.15) is 33.0 Å². The molecule has 3 aliphatic heterocycles. The van der Waals surface area contributed by atoms with Gasteiger partial charge in [0.2, 0.25) is 5.91 Å². The van der Waals surface area contributed by atoms with Gasteiger partial charge in [-0.15, -0.1) is 11.8 Å². The number of Topliss-reactive ketones (excluding diaryl/α,β-unsaturated/α-hetero) is 1. The Balaban J connectivity index is 1.62. The van der Waals surface area contributed by atoms with Crippen molar-refractivity contribution in [1.29, 1.82) is 0 Å². The highest BCUT2D eigenvalue weighted by atomic mass is 32.2. The zero-order valence-corrected chi connectivity index (χ0v) is 20.0. The lowest BCUT2D eigenvalue weighted by atomic mass is 9.69. The number of carbonyl (C=O) groups excluding carboxylic acids is 2. The highest BCUT2D eigenvalue weighted by Crippen LogP contribution is 2.61. The van der Waals surface area contributed by atoms with Crippen LogP contribution in [-0.4, -0.2) is 41.4 Å². The number of thioether (sulfide) groups is 1. The quantitative estimate of drug-likeness (QED) is 0.554. The van der Waals surface area contributed by atoms with Gasteiger partial charge in [0.25, 0.3) is 0 Å². The molecule has 0 aromatic heterocycles. The summed E-state index contributed by atoms with van der Waals surface area (Å²) in [4.78, 5) is 30.7. The van der Waals surface area contributed by atoms with E-state index < -0.39 is 11.5 Å². The third-order valence-electron chi connectivity index (χ3n) is 7.63. The van der Waals surface area contributed by atoms with Crippen LogP contribution in [0.25, 0.3) is 0 Å². The van der Waals surface area contributed by atoms with Gasteiger partial charge in [0.05, 0.1) is 13.0 Å². The van der Waals surface area contributed by atoms with Crippen LogP contribution in [0, 0.1) is 12.8 Å². The van der Waals surface area contributed by atoms with E-state index in [4.69, 9.17) is 4.74 Å². The molecule has 6 heteroatoms. The first-order valence-corrected chi connectivity index (χ1v) is 12.7. The van der Waals surface area contributed by atoms with E-state index in [-0.39, 0.29) is 23.7 Å². The number of ether oxygens (including phenoxy) is 1. The molecule has 3 heterocycles. The van der Waals surface area contributed by atoms with Crippen molar-refractivity contribution in [3.05, 3.63) is 95.1 Å². The summed E-state index contributed by atoms with van der Waals surface area (Å²) >= 11 is 1.83. The van der Waals surface area contributed by atoms with Gasteiger partial charge < -0.3 is 10.1 Å². The minimum absolute atomic E-state index is 0.0130. The third kappa shape index (κ3) is 2.91. The molecule has 4 atom stereocenters. The van der Waals surface area contributed by atoms with Crippen molar-refractivity contribution < 1.29 is 14.3 Å². The standard InChI is InChI=1S/C28H26N2O3S/c1-17-8-10-19(11-9-17)26(31)25-24(18-6-4-3-5-7-18)23-15-34-16-30(23)28(25)21-14-20(33-2)12-13-22(21)29-27(28)32/h3-14,23-25H,15-16H2,1-2H3,(H,29,32)/t23-,24-,25-,28+/m0/s1. The summed E-state index contributed by atoms with van der Waals surface area (Å²) in [5, 5.41) is 3.11. The molecule has 172 valence electrons. The van der Waals surface area contributed by atoms with Gasteiger partial charge in [0, 0.05) is 40.4 Å². The normalized spacial score (nSPS) is 27.5. The summed E-state index contributed by atoms with van der Waals surface area (Å²) in [5.41, 5.74) is 3.37. The molecule has 0 unspecified atom stereocenters. The molecule has 3 aromatic carbocycles. The van der Waals surface area contributed by atoms with Crippen molar-refractivity contribution in [3.8, 4) is 5.75 Å². The van der Waals surface area contributed by atoms with Gasteiger partial charge in [0.1, 0.15) is 11.3 Å². The van der Waals surface area contributed by atoms with Gasteiger partial charge in [-0.2, -0.15) is 0 Å².